The first kappa shape index (κ1) is 13.3. The highest BCUT2D eigenvalue weighted by molar-refractivity contribution is 4.97. The van der Waals surface area contributed by atoms with Crippen molar-refractivity contribution >= 4 is 0 Å². The molecule has 1 N–H and O–H groups in total. The maximum Gasteiger partial charge on any atom is 0.0115 e. The molecule has 0 aliphatic carbocycles. The summed E-state index contributed by atoms with van der Waals surface area (Å²) in [5.41, 5.74) is 0. The second-order valence-electron chi connectivity index (χ2n) is 6.15. The minimum Gasteiger partial charge on any atom is -0.317 e. The van der Waals surface area contributed by atoms with Crippen molar-refractivity contribution in [1.82, 2.24) is 15.1 Å². The Balaban J connectivity index is 1.83. The molecular formula is C14H29N3. The molecule has 2 rings (SSSR count). The zero-order chi connectivity index (χ0) is 12.4. The quantitative estimate of drug-likeness (QED) is 0.785. The second kappa shape index (κ2) is 5.68. The smallest absolute Gasteiger partial charge is 0.0115 e. The van der Waals surface area contributed by atoms with Crippen LogP contribution in [0, 0.1) is 0 Å². The van der Waals surface area contributed by atoms with E-state index in [9.17, 15) is 0 Å². The van der Waals surface area contributed by atoms with Gasteiger partial charge in [0.2, 0.25) is 0 Å². The SMILES string of the molecule is CNC1CC2CCC(C1)N2CCN(C)C(C)C. The van der Waals surface area contributed by atoms with Gasteiger partial charge in [-0.2, -0.15) is 0 Å². The monoisotopic (exact) mass is 239 g/mol. The van der Waals surface area contributed by atoms with Gasteiger partial charge in [-0.1, -0.05) is 0 Å². The molecule has 0 amide bonds. The van der Waals surface area contributed by atoms with Crippen molar-refractivity contribution in [3.63, 3.8) is 0 Å². The summed E-state index contributed by atoms with van der Waals surface area (Å²) in [7, 11) is 4.36. The van der Waals surface area contributed by atoms with Crippen LogP contribution in [0.25, 0.3) is 0 Å². The molecule has 2 fully saturated rings. The molecule has 2 aliphatic rings. The van der Waals surface area contributed by atoms with Crippen molar-refractivity contribution in [2.24, 2.45) is 0 Å². The van der Waals surface area contributed by atoms with Crippen molar-refractivity contribution in [2.75, 3.05) is 27.2 Å². The predicted octanol–water partition coefficient (Wildman–Crippen LogP) is 1.54. The third kappa shape index (κ3) is 3.01. The molecule has 2 aliphatic heterocycles. The number of hydrogen-bond donors (Lipinski definition) is 1. The van der Waals surface area contributed by atoms with E-state index in [1.807, 2.05) is 0 Å². The van der Waals surface area contributed by atoms with E-state index in [0.717, 1.165) is 18.1 Å². The van der Waals surface area contributed by atoms with Gasteiger partial charge in [0.15, 0.2) is 0 Å². The van der Waals surface area contributed by atoms with E-state index < -0.39 is 0 Å². The van der Waals surface area contributed by atoms with E-state index >= 15 is 0 Å². The summed E-state index contributed by atoms with van der Waals surface area (Å²) in [4.78, 5) is 5.25. The molecule has 0 spiro atoms. The maximum absolute atomic E-state index is 3.47. The topological polar surface area (TPSA) is 18.5 Å². The molecule has 2 atom stereocenters. The molecule has 17 heavy (non-hydrogen) atoms. The zero-order valence-electron chi connectivity index (χ0n) is 11.9. The molecule has 0 aromatic carbocycles. The Morgan fingerprint density at radius 3 is 2.29 bits per heavy atom. The summed E-state index contributed by atoms with van der Waals surface area (Å²) in [5.74, 6) is 0. The van der Waals surface area contributed by atoms with Crippen molar-refractivity contribution in [3.8, 4) is 0 Å². The van der Waals surface area contributed by atoms with E-state index in [4.69, 9.17) is 0 Å². The van der Waals surface area contributed by atoms with Crippen LogP contribution in [-0.4, -0.2) is 61.2 Å². The standard InChI is InChI=1S/C14H29N3/c1-11(2)16(4)7-8-17-13-5-6-14(17)10-12(9-13)15-3/h11-15H,5-10H2,1-4H3. The third-order valence-electron chi connectivity index (χ3n) is 4.89. The fraction of sp³-hybridized carbons (Fsp3) is 1.00. The van der Waals surface area contributed by atoms with Crippen molar-refractivity contribution in [2.45, 2.75) is 63.7 Å². The molecular weight excluding hydrogens is 210 g/mol. The molecule has 100 valence electrons. The van der Waals surface area contributed by atoms with E-state index in [2.05, 4.69) is 43.1 Å². The van der Waals surface area contributed by atoms with Crippen LogP contribution < -0.4 is 5.32 Å². The van der Waals surface area contributed by atoms with E-state index in [1.54, 1.807) is 0 Å². The number of rotatable bonds is 5. The number of nitrogens with one attached hydrogen (secondary N) is 1. The molecule has 2 unspecified atom stereocenters. The normalized spacial score (nSPS) is 33.9. The van der Waals surface area contributed by atoms with Crippen LogP contribution in [0.3, 0.4) is 0 Å². The highest BCUT2D eigenvalue weighted by Gasteiger charge is 2.39. The van der Waals surface area contributed by atoms with Gasteiger partial charge in [0.25, 0.3) is 0 Å². The Hall–Kier alpha value is -0.120. The largest absolute Gasteiger partial charge is 0.317 e. The first-order valence-corrected chi connectivity index (χ1v) is 7.25. The molecule has 3 heteroatoms. The first-order chi connectivity index (χ1) is 8.11. The van der Waals surface area contributed by atoms with Crippen LogP contribution in [0.15, 0.2) is 0 Å². The maximum atomic E-state index is 3.47. The molecule has 3 nitrogen and oxygen atoms in total. The van der Waals surface area contributed by atoms with Crippen molar-refractivity contribution in [1.29, 1.82) is 0 Å². The van der Waals surface area contributed by atoms with Crippen LogP contribution in [0.2, 0.25) is 0 Å². The minimum atomic E-state index is 0.669. The van der Waals surface area contributed by atoms with Gasteiger partial charge in [0, 0.05) is 37.3 Å². The fourth-order valence-electron chi connectivity index (χ4n) is 3.41. The zero-order valence-corrected chi connectivity index (χ0v) is 11.9. The third-order valence-corrected chi connectivity index (χ3v) is 4.89. The first-order valence-electron chi connectivity index (χ1n) is 7.25. The summed E-state index contributed by atoms with van der Waals surface area (Å²) in [6.45, 7) is 7.04. The van der Waals surface area contributed by atoms with Gasteiger partial charge < -0.3 is 10.2 Å². The van der Waals surface area contributed by atoms with Gasteiger partial charge in [-0.15, -0.1) is 0 Å². The summed E-state index contributed by atoms with van der Waals surface area (Å²) >= 11 is 0. The fourth-order valence-corrected chi connectivity index (χ4v) is 3.41. The van der Waals surface area contributed by atoms with Crippen LogP contribution in [0.4, 0.5) is 0 Å². The van der Waals surface area contributed by atoms with Crippen LogP contribution in [0.5, 0.6) is 0 Å². The van der Waals surface area contributed by atoms with Gasteiger partial charge in [-0.25, -0.2) is 0 Å². The lowest BCUT2D eigenvalue weighted by Crippen LogP contribution is -2.50. The van der Waals surface area contributed by atoms with Crippen LogP contribution in [-0.2, 0) is 0 Å². The lowest BCUT2D eigenvalue weighted by atomic mass is 9.97. The highest BCUT2D eigenvalue weighted by atomic mass is 15.3. The van der Waals surface area contributed by atoms with Gasteiger partial charge >= 0.3 is 0 Å². The number of fused-ring (bicyclic) bond motifs is 2. The molecule has 2 heterocycles. The molecule has 2 saturated heterocycles. The summed E-state index contributed by atoms with van der Waals surface area (Å²) in [5, 5.41) is 3.47. The lowest BCUT2D eigenvalue weighted by Gasteiger charge is -2.39. The van der Waals surface area contributed by atoms with E-state index in [1.165, 1.54) is 38.8 Å². The molecule has 0 radical (unpaired) electrons. The molecule has 0 aromatic rings. The van der Waals surface area contributed by atoms with Crippen molar-refractivity contribution in [3.05, 3.63) is 0 Å². The summed E-state index contributed by atoms with van der Waals surface area (Å²) in [6.07, 6.45) is 5.57. The molecule has 0 saturated carbocycles. The number of nitrogens with zero attached hydrogens (tertiary/aromatic N) is 2. The lowest BCUT2D eigenvalue weighted by molar-refractivity contribution is 0.102. The Kier molecular flexibility index (Phi) is 4.45. The Bertz CT molecular complexity index is 228. The van der Waals surface area contributed by atoms with Gasteiger partial charge in [-0.3, -0.25) is 4.90 Å². The Morgan fingerprint density at radius 1 is 1.24 bits per heavy atom. The van der Waals surface area contributed by atoms with E-state index in [0.29, 0.717) is 6.04 Å². The summed E-state index contributed by atoms with van der Waals surface area (Å²) in [6, 6.07) is 3.15. The van der Waals surface area contributed by atoms with Crippen molar-refractivity contribution < 1.29 is 0 Å². The Morgan fingerprint density at radius 2 is 1.82 bits per heavy atom. The number of hydrogen-bond acceptors (Lipinski definition) is 3. The van der Waals surface area contributed by atoms with Gasteiger partial charge in [0.05, 0.1) is 0 Å². The van der Waals surface area contributed by atoms with Gasteiger partial charge in [-0.05, 0) is 53.6 Å². The number of likely N-dealkylation sites (N-methyl/N-ethyl adjacent to an activating group) is 1. The minimum absolute atomic E-state index is 0.669. The predicted molar refractivity (Wildman–Crippen MR) is 73.4 cm³/mol. The average molecular weight is 239 g/mol. The Labute approximate surface area is 107 Å². The molecule has 2 bridgehead atoms. The summed E-state index contributed by atoms with van der Waals surface area (Å²) < 4.78 is 0. The van der Waals surface area contributed by atoms with Gasteiger partial charge in [0.1, 0.15) is 0 Å². The highest BCUT2D eigenvalue weighted by Crippen LogP contribution is 2.35. The second-order valence-corrected chi connectivity index (χ2v) is 6.15. The van der Waals surface area contributed by atoms with Crippen LogP contribution >= 0.6 is 0 Å². The van der Waals surface area contributed by atoms with Crippen LogP contribution in [0.1, 0.15) is 39.5 Å². The van der Waals surface area contributed by atoms with E-state index in [-0.39, 0.29) is 0 Å². The average Bonchev–Trinajstić information content (AvgIpc) is 2.56. The number of piperidine rings is 1. The molecule has 0 aromatic heterocycles.